The summed E-state index contributed by atoms with van der Waals surface area (Å²) in [7, 11) is -2.03. The third-order valence-electron chi connectivity index (χ3n) is 4.45. The van der Waals surface area contributed by atoms with Crippen molar-refractivity contribution in [2.24, 2.45) is 0 Å². The molecule has 1 aliphatic heterocycles. The molecule has 2 aromatic carbocycles. The van der Waals surface area contributed by atoms with Gasteiger partial charge in [0.15, 0.2) is 0 Å². The van der Waals surface area contributed by atoms with E-state index >= 15 is 0 Å². The maximum atomic E-state index is 12.7. The summed E-state index contributed by atoms with van der Waals surface area (Å²) in [6.07, 6.45) is 2.06. The van der Waals surface area contributed by atoms with E-state index in [0.29, 0.717) is 12.1 Å². The molecule has 0 saturated carbocycles. The first-order chi connectivity index (χ1) is 12.0. The number of amides is 1. The van der Waals surface area contributed by atoms with Gasteiger partial charge in [-0.2, -0.15) is 4.31 Å². The van der Waals surface area contributed by atoms with E-state index < -0.39 is 10.0 Å². The summed E-state index contributed by atoms with van der Waals surface area (Å²) in [5.74, 6) is -0.0286. The number of likely N-dealkylation sites (tertiary alicyclic amines) is 1. The van der Waals surface area contributed by atoms with Crippen molar-refractivity contribution in [3.8, 4) is 0 Å². The highest BCUT2D eigenvalue weighted by Gasteiger charge is 2.23. The van der Waals surface area contributed by atoms with Crippen LogP contribution in [-0.4, -0.2) is 43.7 Å². The zero-order valence-corrected chi connectivity index (χ0v) is 15.1. The minimum absolute atomic E-state index is 0.0286. The Bertz CT molecular complexity index is 827. The molecule has 1 aliphatic rings. The van der Waals surface area contributed by atoms with Crippen molar-refractivity contribution in [2.45, 2.75) is 24.3 Å². The molecule has 5 nitrogen and oxygen atoms in total. The number of hydrogen-bond acceptors (Lipinski definition) is 3. The van der Waals surface area contributed by atoms with Crippen molar-refractivity contribution in [3.05, 3.63) is 65.7 Å². The molecule has 132 valence electrons. The van der Waals surface area contributed by atoms with Crippen molar-refractivity contribution in [1.29, 1.82) is 0 Å². The Labute approximate surface area is 148 Å². The lowest BCUT2D eigenvalue weighted by Gasteiger charge is -2.18. The fourth-order valence-corrected chi connectivity index (χ4v) is 4.14. The molecule has 0 aromatic heterocycles. The molecule has 1 saturated heterocycles. The summed E-state index contributed by atoms with van der Waals surface area (Å²) in [4.78, 5) is 14.4. The molecule has 0 spiro atoms. The topological polar surface area (TPSA) is 57.7 Å². The van der Waals surface area contributed by atoms with Crippen LogP contribution in [0, 0.1) is 0 Å². The molecule has 1 amide bonds. The first-order valence-electron chi connectivity index (χ1n) is 8.38. The van der Waals surface area contributed by atoms with Crippen LogP contribution in [0.25, 0.3) is 0 Å². The maximum absolute atomic E-state index is 12.7. The van der Waals surface area contributed by atoms with Gasteiger partial charge in [0.1, 0.15) is 0 Å². The first kappa shape index (κ1) is 17.6. The molecule has 0 aliphatic carbocycles. The van der Waals surface area contributed by atoms with Crippen LogP contribution in [-0.2, 0) is 16.6 Å². The molecule has 6 heteroatoms. The van der Waals surface area contributed by atoms with E-state index in [1.165, 1.54) is 16.4 Å². The van der Waals surface area contributed by atoms with Gasteiger partial charge in [-0.3, -0.25) is 4.79 Å². The van der Waals surface area contributed by atoms with Gasteiger partial charge in [-0.15, -0.1) is 0 Å². The molecule has 0 N–H and O–H groups in total. The number of hydrogen-bond donors (Lipinski definition) is 0. The summed E-state index contributed by atoms with van der Waals surface area (Å²) in [6, 6.07) is 15.7. The van der Waals surface area contributed by atoms with Crippen LogP contribution in [0.4, 0.5) is 0 Å². The van der Waals surface area contributed by atoms with E-state index in [-0.39, 0.29) is 10.8 Å². The number of nitrogens with zero attached hydrogens (tertiary/aromatic N) is 2. The van der Waals surface area contributed by atoms with Crippen LogP contribution in [0.1, 0.15) is 28.8 Å². The van der Waals surface area contributed by atoms with E-state index in [4.69, 9.17) is 0 Å². The normalized spacial score (nSPS) is 14.9. The summed E-state index contributed by atoms with van der Waals surface area (Å²) in [6.45, 7) is 1.86. The van der Waals surface area contributed by atoms with Gasteiger partial charge in [0.2, 0.25) is 10.0 Å². The quantitative estimate of drug-likeness (QED) is 0.826. The second kappa shape index (κ2) is 7.37. The van der Waals surface area contributed by atoms with Gasteiger partial charge in [0, 0.05) is 32.2 Å². The standard InChI is InChI=1S/C19H22N2O3S/c1-20(15-16-7-3-2-4-8-16)25(23,24)18-11-9-17(10-12-18)19(22)21-13-5-6-14-21/h2-4,7-12H,5-6,13-15H2,1H3. The Kier molecular flexibility index (Phi) is 5.20. The van der Waals surface area contributed by atoms with E-state index in [2.05, 4.69) is 0 Å². The van der Waals surface area contributed by atoms with E-state index in [1.807, 2.05) is 35.2 Å². The highest BCUT2D eigenvalue weighted by Crippen LogP contribution is 2.19. The van der Waals surface area contributed by atoms with E-state index in [1.54, 1.807) is 19.2 Å². The molecule has 0 atom stereocenters. The van der Waals surface area contributed by atoms with Gasteiger partial charge in [-0.25, -0.2) is 8.42 Å². The average Bonchev–Trinajstić information content (AvgIpc) is 3.16. The molecule has 1 heterocycles. The first-order valence-corrected chi connectivity index (χ1v) is 9.82. The van der Waals surface area contributed by atoms with E-state index in [0.717, 1.165) is 31.5 Å². The number of rotatable bonds is 5. The fraction of sp³-hybridized carbons (Fsp3) is 0.316. The number of sulfonamides is 1. The Morgan fingerprint density at radius 1 is 1.00 bits per heavy atom. The summed E-state index contributed by atoms with van der Waals surface area (Å²) >= 11 is 0. The lowest BCUT2D eigenvalue weighted by Crippen LogP contribution is -2.28. The highest BCUT2D eigenvalue weighted by atomic mass is 32.2. The van der Waals surface area contributed by atoms with Crippen molar-refractivity contribution >= 4 is 15.9 Å². The molecule has 0 bridgehead atoms. The Hall–Kier alpha value is -2.18. The maximum Gasteiger partial charge on any atom is 0.253 e. The predicted molar refractivity (Wildman–Crippen MR) is 96.7 cm³/mol. The number of benzene rings is 2. The molecule has 0 radical (unpaired) electrons. The van der Waals surface area contributed by atoms with Crippen molar-refractivity contribution in [2.75, 3.05) is 20.1 Å². The Morgan fingerprint density at radius 2 is 1.60 bits per heavy atom. The van der Waals surface area contributed by atoms with E-state index in [9.17, 15) is 13.2 Å². The predicted octanol–water partition coefficient (Wildman–Crippen LogP) is 2.74. The second-order valence-electron chi connectivity index (χ2n) is 6.27. The van der Waals surface area contributed by atoms with Crippen molar-refractivity contribution in [1.82, 2.24) is 9.21 Å². The van der Waals surface area contributed by atoms with Crippen molar-refractivity contribution in [3.63, 3.8) is 0 Å². The van der Waals surface area contributed by atoms with Gasteiger partial charge in [-0.1, -0.05) is 30.3 Å². The fourth-order valence-electron chi connectivity index (χ4n) is 2.98. The van der Waals surface area contributed by atoms with Gasteiger partial charge in [0.05, 0.1) is 4.90 Å². The van der Waals surface area contributed by atoms with Gasteiger partial charge in [0.25, 0.3) is 5.91 Å². The summed E-state index contributed by atoms with van der Waals surface area (Å²) in [5, 5.41) is 0. The second-order valence-corrected chi connectivity index (χ2v) is 8.32. The SMILES string of the molecule is CN(Cc1ccccc1)S(=O)(=O)c1ccc(C(=O)N2CCCC2)cc1. The molecule has 0 unspecified atom stereocenters. The smallest absolute Gasteiger partial charge is 0.253 e. The van der Waals surface area contributed by atoms with Gasteiger partial charge < -0.3 is 4.90 Å². The Balaban J connectivity index is 1.74. The highest BCUT2D eigenvalue weighted by molar-refractivity contribution is 7.89. The third kappa shape index (κ3) is 3.91. The minimum Gasteiger partial charge on any atom is -0.339 e. The molecule has 3 rings (SSSR count). The third-order valence-corrected chi connectivity index (χ3v) is 6.27. The average molecular weight is 358 g/mol. The van der Waals surface area contributed by atoms with Gasteiger partial charge >= 0.3 is 0 Å². The summed E-state index contributed by atoms with van der Waals surface area (Å²) < 4.78 is 26.7. The van der Waals surface area contributed by atoms with Crippen LogP contribution in [0.15, 0.2) is 59.5 Å². The molecular weight excluding hydrogens is 336 g/mol. The van der Waals surface area contributed by atoms with Crippen LogP contribution >= 0.6 is 0 Å². The van der Waals surface area contributed by atoms with Gasteiger partial charge in [-0.05, 0) is 42.7 Å². The molecule has 25 heavy (non-hydrogen) atoms. The summed E-state index contributed by atoms with van der Waals surface area (Å²) in [5.41, 5.74) is 1.46. The number of carbonyl (C=O) groups excluding carboxylic acids is 1. The molecular formula is C19H22N2O3S. The zero-order chi connectivity index (χ0) is 17.9. The monoisotopic (exact) mass is 358 g/mol. The lowest BCUT2D eigenvalue weighted by atomic mass is 10.2. The minimum atomic E-state index is -3.59. The van der Waals surface area contributed by atoms with Crippen LogP contribution in [0.5, 0.6) is 0 Å². The van der Waals surface area contributed by atoms with Crippen molar-refractivity contribution < 1.29 is 13.2 Å². The molecule has 2 aromatic rings. The Morgan fingerprint density at radius 3 is 2.20 bits per heavy atom. The van der Waals surface area contributed by atoms with Crippen LogP contribution in [0.3, 0.4) is 0 Å². The lowest BCUT2D eigenvalue weighted by molar-refractivity contribution is 0.0792. The zero-order valence-electron chi connectivity index (χ0n) is 14.3. The number of carbonyl (C=O) groups is 1. The molecule has 1 fully saturated rings. The van der Waals surface area contributed by atoms with Crippen LogP contribution < -0.4 is 0 Å². The van der Waals surface area contributed by atoms with Crippen LogP contribution in [0.2, 0.25) is 0 Å². The largest absolute Gasteiger partial charge is 0.339 e.